The van der Waals surface area contributed by atoms with E-state index in [1.165, 1.54) is 22.7 Å². The number of nitrogens with zero attached hydrogens (tertiary/aromatic N) is 4. The van der Waals surface area contributed by atoms with Crippen molar-refractivity contribution in [2.75, 3.05) is 17.3 Å². The summed E-state index contributed by atoms with van der Waals surface area (Å²) in [6.07, 6.45) is 4.03. The topological polar surface area (TPSA) is 71.0 Å². The summed E-state index contributed by atoms with van der Waals surface area (Å²) in [6.45, 7) is 0. The van der Waals surface area contributed by atoms with Gasteiger partial charge in [-0.15, -0.1) is 22.7 Å². The molecular formula is C21H19N5OS2. The number of hydrogen-bond acceptors (Lipinski definition) is 7. The predicted octanol–water partition coefficient (Wildman–Crippen LogP) is 4.35. The van der Waals surface area contributed by atoms with Crippen LogP contribution < -0.4 is 10.2 Å². The highest BCUT2D eigenvalue weighted by Crippen LogP contribution is 2.26. The van der Waals surface area contributed by atoms with Gasteiger partial charge < -0.3 is 10.2 Å². The first-order valence-electron chi connectivity index (χ1n) is 9.02. The van der Waals surface area contributed by atoms with Gasteiger partial charge in [-0.25, -0.2) is 9.97 Å². The summed E-state index contributed by atoms with van der Waals surface area (Å²) >= 11 is 3.00. The van der Waals surface area contributed by atoms with Gasteiger partial charge in [0.05, 0.1) is 5.51 Å². The number of pyridine rings is 1. The van der Waals surface area contributed by atoms with Crippen molar-refractivity contribution in [3.63, 3.8) is 0 Å². The molecule has 1 amide bonds. The Hall–Kier alpha value is -3.10. The summed E-state index contributed by atoms with van der Waals surface area (Å²) < 4.78 is 0. The number of hydrogen-bond donors (Lipinski definition) is 1. The van der Waals surface area contributed by atoms with Gasteiger partial charge in [-0.05, 0) is 17.7 Å². The third kappa shape index (κ3) is 4.67. The van der Waals surface area contributed by atoms with Crippen molar-refractivity contribution in [3.8, 4) is 10.6 Å². The van der Waals surface area contributed by atoms with Crippen molar-refractivity contribution >= 4 is 40.2 Å². The molecule has 3 heterocycles. The fraction of sp³-hybridized carbons (Fsp3) is 0.143. The van der Waals surface area contributed by atoms with Crippen LogP contribution in [0, 0.1) is 0 Å². The number of carbonyl (C=O) groups is 1. The van der Waals surface area contributed by atoms with Crippen molar-refractivity contribution < 1.29 is 4.79 Å². The Morgan fingerprint density at radius 1 is 1.14 bits per heavy atom. The molecule has 29 heavy (non-hydrogen) atoms. The zero-order valence-corrected chi connectivity index (χ0v) is 17.4. The van der Waals surface area contributed by atoms with Crippen LogP contribution in [0.5, 0.6) is 0 Å². The number of carbonyl (C=O) groups excluding carboxylic acids is 1. The fourth-order valence-corrected chi connectivity index (χ4v) is 4.29. The zero-order valence-electron chi connectivity index (χ0n) is 15.7. The minimum atomic E-state index is -0.412. The molecule has 1 aromatic carbocycles. The molecule has 0 saturated carbocycles. The first-order chi connectivity index (χ1) is 14.2. The third-order valence-corrected chi connectivity index (χ3v) is 5.97. The second-order valence-corrected chi connectivity index (χ2v) is 8.00. The fourth-order valence-electron chi connectivity index (χ4n) is 2.95. The Balaban J connectivity index is 1.54. The number of nitrogens with one attached hydrogen (secondary N) is 1. The van der Waals surface area contributed by atoms with E-state index in [-0.39, 0.29) is 5.91 Å². The van der Waals surface area contributed by atoms with E-state index in [2.05, 4.69) is 20.3 Å². The van der Waals surface area contributed by atoms with Crippen LogP contribution in [-0.4, -0.2) is 33.9 Å². The quantitative estimate of drug-likeness (QED) is 0.480. The monoisotopic (exact) mass is 421 g/mol. The number of rotatable bonds is 7. The van der Waals surface area contributed by atoms with Crippen molar-refractivity contribution in [1.29, 1.82) is 0 Å². The van der Waals surface area contributed by atoms with Crippen molar-refractivity contribution in [3.05, 3.63) is 76.7 Å². The van der Waals surface area contributed by atoms with E-state index < -0.39 is 6.04 Å². The van der Waals surface area contributed by atoms with E-state index in [0.717, 1.165) is 22.0 Å². The first-order valence-corrected chi connectivity index (χ1v) is 10.8. The largest absolute Gasteiger partial charge is 0.347 e. The number of amides is 1. The normalized spacial score (nSPS) is 11.8. The molecule has 0 aliphatic rings. The van der Waals surface area contributed by atoms with Crippen LogP contribution in [0.2, 0.25) is 0 Å². The standard InChI is InChI=1S/C21H19N5OS2/c1-26(19-13-28-14-23-19)17(11-15-5-3-2-4-6-15)20(27)24-18-12-29-21(25-18)16-7-9-22-10-8-16/h2-10,12-14,17H,11H2,1H3,(H,24,27)/t17-/m0/s1. The molecule has 8 heteroatoms. The maximum absolute atomic E-state index is 13.2. The first kappa shape index (κ1) is 19.2. The molecule has 0 bridgehead atoms. The van der Waals surface area contributed by atoms with Gasteiger partial charge in [-0.2, -0.15) is 0 Å². The van der Waals surface area contributed by atoms with Crippen LogP contribution in [-0.2, 0) is 11.2 Å². The van der Waals surface area contributed by atoms with Gasteiger partial charge in [0.1, 0.15) is 22.7 Å². The minimum Gasteiger partial charge on any atom is -0.347 e. The van der Waals surface area contributed by atoms with E-state index in [0.29, 0.717) is 12.2 Å². The average molecular weight is 422 g/mol. The molecule has 1 N–H and O–H groups in total. The molecule has 0 aliphatic carbocycles. The summed E-state index contributed by atoms with van der Waals surface area (Å²) in [6, 6.07) is 13.4. The Kier molecular flexibility index (Phi) is 5.92. The second-order valence-electron chi connectivity index (χ2n) is 6.43. The second kappa shape index (κ2) is 8.93. The molecule has 4 rings (SSSR count). The number of thiazole rings is 2. The Bertz CT molecular complexity index is 1050. The lowest BCUT2D eigenvalue weighted by Crippen LogP contribution is -2.43. The zero-order chi connectivity index (χ0) is 20.1. The van der Waals surface area contributed by atoms with E-state index in [1.807, 2.05) is 65.2 Å². The lowest BCUT2D eigenvalue weighted by molar-refractivity contribution is -0.117. The van der Waals surface area contributed by atoms with E-state index in [1.54, 1.807) is 17.9 Å². The van der Waals surface area contributed by atoms with Crippen LogP contribution in [0.25, 0.3) is 10.6 Å². The molecule has 1 atom stereocenters. The number of benzene rings is 1. The van der Waals surface area contributed by atoms with Crippen LogP contribution >= 0.6 is 22.7 Å². The van der Waals surface area contributed by atoms with Gasteiger partial charge in [-0.1, -0.05) is 30.3 Å². The van der Waals surface area contributed by atoms with Crippen molar-refractivity contribution in [1.82, 2.24) is 15.0 Å². The summed E-state index contributed by atoms with van der Waals surface area (Å²) in [5, 5.41) is 7.61. The molecule has 0 radical (unpaired) electrons. The maximum atomic E-state index is 13.2. The molecule has 6 nitrogen and oxygen atoms in total. The average Bonchev–Trinajstić information content (AvgIpc) is 3.45. The Labute approximate surface area is 176 Å². The molecule has 0 fully saturated rings. The van der Waals surface area contributed by atoms with E-state index in [4.69, 9.17) is 0 Å². The third-order valence-electron chi connectivity index (χ3n) is 4.51. The van der Waals surface area contributed by atoms with E-state index >= 15 is 0 Å². The minimum absolute atomic E-state index is 0.115. The molecule has 3 aromatic heterocycles. The summed E-state index contributed by atoms with van der Waals surface area (Å²) in [5.74, 6) is 1.22. The summed E-state index contributed by atoms with van der Waals surface area (Å²) in [5.41, 5.74) is 3.83. The summed E-state index contributed by atoms with van der Waals surface area (Å²) in [4.78, 5) is 28.0. The van der Waals surface area contributed by atoms with Crippen molar-refractivity contribution in [2.24, 2.45) is 0 Å². The maximum Gasteiger partial charge on any atom is 0.248 e. The van der Waals surface area contributed by atoms with Gasteiger partial charge in [0.25, 0.3) is 0 Å². The van der Waals surface area contributed by atoms with Crippen LogP contribution in [0.3, 0.4) is 0 Å². The van der Waals surface area contributed by atoms with Crippen LogP contribution in [0.4, 0.5) is 11.6 Å². The van der Waals surface area contributed by atoms with Gasteiger partial charge in [-0.3, -0.25) is 9.78 Å². The van der Waals surface area contributed by atoms with Crippen LogP contribution in [0.15, 0.2) is 71.1 Å². The van der Waals surface area contributed by atoms with Gasteiger partial charge in [0.15, 0.2) is 0 Å². The Morgan fingerprint density at radius 3 is 2.66 bits per heavy atom. The van der Waals surface area contributed by atoms with Gasteiger partial charge in [0.2, 0.25) is 5.91 Å². The van der Waals surface area contributed by atoms with Gasteiger partial charge in [0, 0.05) is 42.2 Å². The molecule has 4 aromatic rings. The SMILES string of the molecule is CN(c1cscn1)[C@@H](Cc1ccccc1)C(=O)Nc1csc(-c2ccncc2)n1. The van der Waals surface area contributed by atoms with Crippen LogP contribution in [0.1, 0.15) is 5.56 Å². The predicted molar refractivity (Wildman–Crippen MR) is 118 cm³/mol. The highest BCUT2D eigenvalue weighted by atomic mass is 32.1. The van der Waals surface area contributed by atoms with E-state index in [9.17, 15) is 4.79 Å². The lowest BCUT2D eigenvalue weighted by atomic mass is 10.0. The smallest absolute Gasteiger partial charge is 0.248 e. The highest BCUT2D eigenvalue weighted by Gasteiger charge is 2.26. The van der Waals surface area contributed by atoms with Gasteiger partial charge >= 0.3 is 0 Å². The number of anilines is 2. The number of likely N-dealkylation sites (N-methyl/N-ethyl adjacent to an activating group) is 1. The number of aromatic nitrogens is 3. The molecule has 146 valence electrons. The Morgan fingerprint density at radius 2 is 1.93 bits per heavy atom. The highest BCUT2D eigenvalue weighted by molar-refractivity contribution is 7.13. The lowest BCUT2D eigenvalue weighted by Gasteiger charge is -2.27. The summed E-state index contributed by atoms with van der Waals surface area (Å²) in [7, 11) is 1.89. The van der Waals surface area contributed by atoms with Crippen molar-refractivity contribution in [2.45, 2.75) is 12.5 Å². The molecular weight excluding hydrogens is 402 g/mol. The molecule has 0 spiro atoms. The molecule has 0 unspecified atom stereocenters. The molecule has 0 aliphatic heterocycles. The molecule has 0 saturated heterocycles.